The number of nitrogens with two attached hydrogens (primary N) is 1. The first-order chi connectivity index (χ1) is 14.6. The standard InChI is InChI=1S/C24H30N2O4/c1-16-7-8-19-20(23(16)27)13-21(30-22(19)14-25)18-9-11-26(12-10-18)24(28)29-15-17-5-3-2-4-6-17/h2-8,18,21-22,27H,9-15,25H2,1H3/t21-,22-/m0/s1. The molecule has 2 aromatic rings. The van der Waals surface area contributed by atoms with Crippen molar-refractivity contribution < 1.29 is 19.4 Å². The normalized spacial score (nSPS) is 21.9. The lowest BCUT2D eigenvalue weighted by molar-refractivity contribution is -0.0641. The zero-order valence-electron chi connectivity index (χ0n) is 17.4. The van der Waals surface area contributed by atoms with E-state index in [-0.39, 0.29) is 18.3 Å². The van der Waals surface area contributed by atoms with Crippen molar-refractivity contribution in [3.05, 3.63) is 64.7 Å². The lowest BCUT2D eigenvalue weighted by Crippen LogP contribution is -2.44. The Morgan fingerprint density at radius 1 is 1.20 bits per heavy atom. The fraction of sp³-hybridized carbons (Fsp3) is 0.458. The highest BCUT2D eigenvalue weighted by Gasteiger charge is 2.36. The highest BCUT2D eigenvalue weighted by atomic mass is 16.6. The monoisotopic (exact) mass is 410 g/mol. The van der Waals surface area contributed by atoms with E-state index in [9.17, 15) is 9.90 Å². The number of nitrogens with zero attached hydrogens (tertiary/aromatic N) is 1. The molecule has 2 aliphatic heterocycles. The highest BCUT2D eigenvalue weighted by Crippen LogP contribution is 2.40. The van der Waals surface area contributed by atoms with E-state index < -0.39 is 0 Å². The maximum Gasteiger partial charge on any atom is 0.410 e. The third-order valence-electron chi connectivity index (χ3n) is 6.35. The molecule has 30 heavy (non-hydrogen) atoms. The maximum atomic E-state index is 12.4. The van der Waals surface area contributed by atoms with Crippen molar-refractivity contribution in [1.82, 2.24) is 4.90 Å². The number of aromatic hydroxyl groups is 1. The fourth-order valence-electron chi connectivity index (χ4n) is 4.54. The van der Waals surface area contributed by atoms with Crippen LogP contribution in [-0.4, -0.2) is 41.8 Å². The Kier molecular flexibility index (Phi) is 6.25. The summed E-state index contributed by atoms with van der Waals surface area (Å²) >= 11 is 0. The topological polar surface area (TPSA) is 85.0 Å². The van der Waals surface area contributed by atoms with Gasteiger partial charge < -0.3 is 25.2 Å². The van der Waals surface area contributed by atoms with Crippen molar-refractivity contribution in [3.63, 3.8) is 0 Å². The molecule has 0 aromatic heterocycles. The molecule has 0 saturated carbocycles. The van der Waals surface area contributed by atoms with Crippen molar-refractivity contribution in [1.29, 1.82) is 0 Å². The highest BCUT2D eigenvalue weighted by molar-refractivity contribution is 5.67. The number of likely N-dealkylation sites (tertiary alicyclic amines) is 1. The van der Waals surface area contributed by atoms with Gasteiger partial charge in [0.1, 0.15) is 12.4 Å². The summed E-state index contributed by atoms with van der Waals surface area (Å²) < 4.78 is 11.8. The van der Waals surface area contributed by atoms with Gasteiger partial charge in [-0.25, -0.2) is 4.79 Å². The summed E-state index contributed by atoms with van der Waals surface area (Å²) in [6.45, 7) is 3.89. The Balaban J connectivity index is 1.35. The quantitative estimate of drug-likeness (QED) is 0.803. The SMILES string of the molecule is Cc1ccc2c(c1O)C[C@@H](C1CCN(C(=O)OCc3ccccc3)CC1)O[C@H]2CN. The second-order valence-electron chi connectivity index (χ2n) is 8.27. The van der Waals surface area contributed by atoms with E-state index >= 15 is 0 Å². The first-order valence-electron chi connectivity index (χ1n) is 10.7. The summed E-state index contributed by atoms with van der Waals surface area (Å²) in [5.41, 5.74) is 9.79. The summed E-state index contributed by atoms with van der Waals surface area (Å²) in [5, 5.41) is 10.6. The molecule has 3 N–H and O–H groups in total. The van der Waals surface area contributed by atoms with Gasteiger partial charge >= 0.3 is 6.09 Å². The molecule has 0 bridgehead atoms. The van der Waals surface area contributed by atoms with Crippen molar-refractivity contribution in [2.75, 3.05) is 19.6 Å². The minimum absolute atomic E-state index is 0.00115. The molecule has 1 fully saturated rings. The van der Waals surface area contributed by atoms with Gasteiger partial charge in [-0.1, -0.05) is 42.5 Å². The number of aryl methyl sites for hydroxylation is 1. The number of phenolic OH excluding ortho intramolecular Hbond substituents is 1. The minimum atomic E-state index is -0.264. The van der Waals surface area contributed by atoms with Crippen LogP contribution in [0.1, 0.15) is 41.2 Å². The van der Waals surface area contributed by atoms with Crippen LogP contribution in [0.2, 0.25) is 0 Å². The largest absolute Gasteiger partial charge is 0.507 e. The van der Waals surface area contributed by atoms with Crippen LogP contribution in [-0.2, 0) is 22.5 Å². The Morgan fingerprint density at radius 3 is 2.63 bits per heavy atom. The third kappa shape index (κ3) is 4.30. The van der Waals surface area contributed by atoms with Crippen LogP contribution in [0.4, 0.5) is 4.79 Å². The maximum absolute atomic E-state index is 12.4. The molecular formula is C24H30N2O4. The van der Waals surface area contributed by atoms with Gasteiger partial charge in [-0.2, -0.15) is 0 Å². The molecule has 160 valence electrons. The first-order valence-corrected chi connectivity index (χ1v) is 10.7. The molecule has 2 atom stereocenters. The average molecular weight is 411 g/mol. The van der Waals surface area contributed by atoms with Crippen molar-refractivity contribution in [2.24, 2.45) is 11.7 Å². The first kappa shape index (κ1) is 20.7. The molecule has 0 radical (unpaired) electrons. The Hall–Kier alpha value is -2.57. The van der Waals surface area contributed by atoms with Gasteiger partial charge in [0.05, 0.1) is 12.2 Å². The number of benzene rings is 2. The predicted molar refractivity (Wildman–Crippen MR) is 114 cm³/mol. The number of rotatable bonds is 4. The van der Waals surface area contributed by atoms with Gasteiger partial charge in [0.2, 0.25) is 0 Å². The van der Waals surface area contributed by atoms with E-state index in [1.807, 2.05) is 49.4 Å². The van der Waals surface area contributed by atoms with Crippen LogP contribution in [0, 0.1) is 12.8 Å². The van der Waals surface area contributed by atoms with Gasteiger partial charge in [-0.05, 0) is 42.4 Å². The zero-order chi connectivity index (χ0) is 21.1. The Bertz CT molecular complexity index is 878. The van der Waals surface area contributed by atoms with Gasteiger partial charge in [0.15, 0.2) is 0 Å². The Labute approximate surface area is 177 Å². The molecule has 1 amide bonds. The molecule has 6 nitrogen and oxygen atoms in total. The number of fused-ring (bicyclic) bond motifs is 1. The molecular weight excluding hydrogens is 380 g/mol. The number of hydrogen-bond acceptors (Lipinski definition) is 5. The molecule has 2 aromatic carbocycles. The summed E-state index contributed by atoms with van der Waals surface area (Å²) in [7, 11) is 0. The van der Waals surface area contributed by atoms with Crippen LogP contribution in [0.5, 0.6) is 5.75 Å². The average Bonchev–Trinajstić information content (AvgIpc) is 2.80. The number of carbonyl (C=O) groups excluding carboxylic acids is 1. The molecule has 0 aliphatic carbocycles. The minimum Gasteiger partial charge on any atom is -0.507 e. The van der Waals surface area contributed by atoms with E-state index in [1.54, 1.807) is 4.90 Å². The lowest BCUT2D eigenvalue weighted by Gasteiger charge is -2.40. The second kappa shape index (κ2) is 9.06. The number of carbonyl (C=O) groups is 1. The van der Waals surface area contributed by atoms with Crippen LogP contribution < -0.4 is 5.73 Å². The number of ether oxygens (including phenoxy) is 2. The van der Waals surface area contributed by atoms with Crippen LogP contribution >= 0.6 is 0 Å². The zero-order valence-corrected chi connectivity index (χ0v) is 17.4. The summed E-state index contributed by atoms with van der Waals surface area (Å²) in [4.78, 5) is 14.2. The fourth-order valence-corrected chi connectivity index (χ4v) is 4.54. The molecule has 6 heteroatoms. The van der Waals surface area contributed by atoms with E-state index in [2.05, 4.69) is 0 Å². The van der Waals surface area contributed by atoms with Crippen LogP contribution in [0.15, 0.2) is 42.5 Å². The van der Waals surface area contributed by atoms with Crippen molar-refractivity contribution in [2.45, 2.75) is 45.0 Å². The lowest BCUT2D eigenvalue weighted by atomic mass is 9.83. The number of amides is 1. The molecule has 2 heterocycles. The molecule has 0 unspecified atom stereocenters. The van der Waals surface area contributed by atoms with Crippen molar-refractivity contribution in [3.8, 4) is 5.75 Å². The smallest absolute Gasteiger partial charge is 0.410 e. The summed E-state index contributed by atoms with van der Waals surface area (Å²) in [6, 6.07) is 13.6. The van der Waals surface area contributed by atoms with Gasteiger partial charge in [0, 0.05) is 31.6 Å². The van der Waals surface area contributed by atoms with Crippen LogP contribution in [0.3, 0.4) is 0 Å². The molecule has 4 rings (SSSR count). The number of hydrogen-bond donors (Lipinski definition) is 2. The van der Waals surface area contributed by atoms with E-state index in [0.717, 1.165) is 35.1 Å². The Morgan fingerprint density at radius 2 is 1.93 bits per heavy atom. The van der Waals surface area contributed by atoms with E-state index in [4.69, 9.17) is 15.2 Å². The number of piperidine rings is 1. The van der Waals surface area contributed by atoms with Crippen molar-refractivity contribution >= 4 is 6.09 Å². The predicted octanol–water partition coefficient (Wildman–Crippen LogP) is 3.69. The van der Waals surface area contributed by atoms with E-state index in [1.165, 1.54) is 0 Å². The second-order valence-corrected chi connectivity index (χ2v) is 8.27. The third-order valence-corrected chi connectivity index (χ3v) is 6.35. The van der Waals surface area contributed by atoms with Gasteiger partial charge in [-0.3, -0.25) is 0 Å². The van der Waals surface area contributed by atoms with Gasteiger partial charge in [0.25, 0.3) is 0 Å². The summed E-state index contributed by atoms with van der Waals surface area (Å²) in [6.07, 6.45) is 1.93. The molecule has 0 spiro atoms. The van der Waals surface area contributed by atoms with Crippen LogP contribution in [0.25, 0.3) is 0 Å². The molecule has 1 saturated heterocycles. The van der Waals surface area contributed by atoms with Gasteiger partial charge in [-0.15, -0.1) is 0 Å². The molecule has 2 aliphatic rings. The summed E-state index contributed by atoms with van der Waals surface area (Å²) in [5.74, 6) is 0.687. The number of phenols is 1. The van der Waals surface area contributed by atoms with E-state index in [0.29, 0.717) is 44.3 Å².